The van der Waals surface area contributed by atoms with Gasteiger partial charge in [0.05, 0.1) is 6.17 Å². The highest BCUT2D eigenvalue weighted by Gasteiger charge is 2.57. The van der Waals surface area contributed by atoms with Crippen molar-refractivity contribution in [2.24, 2.45) is 23.7 Å². The summed E-state index contributed by atoms with van der Waals surface area (Å²) in [5.74, 6) is 3.64. The van der Waals surface area contributed by atoms with Gasteiger partial charge in [0.2, 0.25) is 0 Å². The second kappa shape index (κ2) is 5.37. The van der Waals surface area contributed by atoms with Crippen LogP contribution in [0.3, 0.4) is 0 Å². The molecule has 6 unspecified atom stereocenters. The first-order chi connectivity index (χ1) is 9.19. The molecule has 3 rings (SSSR count). The van der Waals surface area contributed by atoms with Crippen LogP contribution < -0.4 is 5.32 Å². The van der Waals surface area contributed by atoms with Crippen molar-refractivity contribution >= 4 is 0 Å². The average molecular weight is 264 g/mol. The molecule has 2 nitrogen and oxygen atoms in total. The Labute approximate surface area is 119 Å². The molecule has 6 atom stereocenters. The third-order valence-corrected chi connectivity index (χ3v) is 6.29. The van der Waals surface area contributed by atoms with Crippen molar-refractivity contribution in [3.8, 4) is 0 Å². The first kappa shape index (κ1) is 13.9. The predicted molar refractivity (Wildman–Crippen MR) is 80.9 cm³/mol. The second-order valence-corrected chi connectivity index (χ2v) is 7.37. The van der Waals surface area contributed by atoms with E-state index in [0.29, 0.717) is 6.17 Å². The van der Waals surface area contributed by atoms with Crippen molar-refractivity contribution < 1.29 is 0 Å². The number of rotatable bonds is 3. The van der Waals surface area contributed by atoms with Gasteiger partial charge >= 0.3 is 0 Å². The maximum Gasteiger partial charge on any atom is 0.0637 e. The number of hydrogen-bond donors (Lipinski definition) is 1. The molecule has 0 aromatic carbocycles. The summed E-state index contributed by atoms with van der Waals surface area (Å²) < 4.78 is 0. The summed E-state index contributed by atoms with van der Waals surface area (Å²) in [4.78, 5) is 2.80. The van der Waals surface area contributed by atoms with Crippen molar-refractivity contribution in [3.05, 3.63) is 0 Å². The normalized spacial score (nSPS) is 46.6. The third-order valence-electron chi connectivity index (χ3n) is 6.29. The average Bonchev–Trinajstić information content (AvgIpc) is 2.91. The molecule has 0 radical (unpaired) electrons. The van der Waals surface area contributed by atoms with Crippen molar-refractivity contribution in [2.45, 2.75) is 78.0 Å². The second-order valence-electron chi connectivity index (χ2n) is 7.37. The summed E-state index contributed by atoms with van der Waals surface area (Å²) in [7, 11) is 0. The zero-order valence-electron chi connectivity index (χ0n) is 13.2. The fraction of sp³-hybridized carbons (Fsp3) is 1.00. The molecule has 0 aromatic heterocycles. The minimum absolute atomic E-state index is 0.690. The highest BCUT2D eigenvalue weighted by Crippen LogP contribution is 2.51. The van der Waals surface area contributed by atoms with Crippen LogP contribution in [-0.4, -0.2) is 29.7 Å². The van der Waals surface area contributed by atoms with Crippen molar-refractivity contribution in [1.29, 1.82) is 0 Å². The minimum Gasteiger partial charge on any atom is -0.298 e. The van der Waals surface area contributed by atoms with E-state index < -0.39 is 0 Å². The first-order valence-electron chi connectivity index (χ1n) is 8.70. The van der Waals surface area contributed by atoms with Gasteiger partial charge in [-0.3, -0.25) is 10.2 Å². The first-order valence-corrected chi connectivity index (χ1v) is 8.70. The molecule has 0 amide bonds. The van der Waals surface area contributed by atoms with Gasteiger partial charge in [0.15, 0.2) is 0 Å². The highest BCUT2D eigenvalue weighted by molar-refractivity contribution is 5.09. The lowest BCUT2D eigenvalue weighted by atomic mass is 9.70. The van der Waals surface area contributed by atoms with Crippen LogP contribution in [0, 0.1) is 23.7 Å². The van der Waals surface area contributed by atoms with Gasteiger partial charge in [-0.25, -0.2) is 0 Å². The summed E-state index contributed by atoms with van der Waals surface area (Å²) in [6.45, 7) is 10.9. The van der Waals surface area contributed by atoms with Gasteiger partial charge < -0.3 is 0 Å². The van der Waals surface area contributed by atoms with Crippen molar-refractivity contribution in [2.75, 3.05) is 6.54 Å². The Kier molecular flexibility index (Phi) is 3.92. The largest absolute Gasteiger partial charge is 0.298 e. The molecule has 1 saturated carbocycles. The minimum atomic E-state index is 0.690. The van der Waals surface area contributed by atoms with Crippen LogP contribution in [0.25, 0.3) is 0 Å². The van der Waals surface area contributed by atoms with Gasteiger partial charge in [0, 0.05) is 12.1 Å². The third kappa shape index (κ3) is 2.06. The van der Waals surface area contributed by atoms with Gasteiger partial charge in [-0.1, -0.05) is 40.5 Å². The monoisotopic (exact) mass is 264 g/mol. The maximum atomic E-state index is 4.03. The molecule has 0 aromatic rings. The van der Waals surface area contributed by atoms with Gasteiger partial charge in [0.1, 0.15) is 0 Å². The van der Waals surface area contributed by atoms with Gasteiger partial charge in [-0.2, -0.15) is 0 Å². The Bertz CT molecular complexity index is 314. The lowest BCUT2D eigenvalue weighted by molar-refractivity contribution is 0.137. The molecule has 0 spiro atoms. The summed E-state index contributed by atoms with van der Waals surface area (Å²) in [6, 6.07) is 1.65. The van der Waals surface area contributed by atoms with Crippen molar-refractivity contribution in [1.82, 2.24) is 10.2 Å². The standard InChI is InChI=1S/C17H32N2/c1-5-14-15(11(3)4)16-12-9-7-8-10-13(12)18-17(16)19(14)6-2/h11-18H,5-10H2,1-4H3. The van der Waals surface area contributed by atoms with E-state index in [9.17, 15) is 0 Å². The van der Waals surface area contributed by atoms with E-state index in [1.807, 2.05) is 0 Å². The maximum absolute atomic E-state index is 4.03. The highest BCUT2D eigenvalue weighted by atomic mass is 15.3. The summed E-state index contributed by atoms with van der Waals surface area (Å²) in [5, 5.41) is 4.03. The SMILES string of the molecule is CCC1C(C(C)C)C2C3CCCCC3NC2N1CC. The Balaban J connectivity index is 1.90. The Hall–Kier alpha value is -0.0800. The van der Waals surface area contributed by atoms with Crippen LogP contribution in [-0.2, 0) is 0 Å². The Morgan fingerprint density at radius 2 is 1.89 bits per heavy atom. The lowest BCUT2D eigenvalue weighted by Gasteiger charge is -2.36. The molecule has 2 heteroatoms. The summed E-state index contributed by atoms with van der Waals surface area (Å²) in [5.41, 5.74) is 0. The van der Waals surface area contributed by atoms with E-state index in [0.717, 1.165) is 35.8 Å². The quantitative estimate of drug-likeness (QED) is 0.839. The van der Waals surface area contributed by atoms with Crippen LogP contribution >= 0.6 is 0 Å². The molecule has 19 heavy (non-hydrogen) atoms. The lowest BCUT2D eigenvalue weighted by Crippen LogP contribution is -2.46. The Morgan fingerprint density at radius 1 is 1.16 bits per heavy atom. The van der Waals surface area contributed by atoms with Crippen LogP contribution in [0.1, 0.15) is 59.8 Å². The van der Waals surface area contributed by atoms with E-state index >= 15 is 0 Å². The van der Waals surface area contributed by atoms with Gasteiger partial charge in [-0.15, -0.1) is 0 Å². The topological polar surface area (TPSA) is 15.3 Å². The number of fused-ring (bicyclic) bond motifs is 3. The number of nitrogens with zero attached hydrogens (tertiary/aromatic N) is 1. The smallest absolute Gasteiger partial charge is 0.0637 e. The van der Waals surface area contributed by atoms with E-state index in [2.05, 4.69) is 37.9 Å². The van der Waals surface area contributed by atoms with E-state index in [4.69, 9.17) is 0 Å². The van der Waals surface area contributed by atoms with Crippen LogP contribution in [0.15, 0.2) is 0 Å². The molecule has 3 aliphatic rings. The van der Waals surface area contributed by atoms with Crippen molar-refractivity contribution in [3.63, 3.8) is 0 Å². The molecule has 1 N–H and O–H groups in total. The summed E-state index contributed by atoms with van der Waals surface area (Å²) >= 11 is 0. The zero-order chi connectivity index (χ0) is 13.6. The molecule has 110 valence electrons. The summed E-state index contributed by atoms with van der Waals surface area (Å²) in [6.07, 6.45) is 7.84. The molecule has 2 heterocycles. The predicted octanol–water partition coefficient (Wildman–Crippen LogP) is 3.48. The molecular weight excluding hydrogens is 232 g/mol. The van der Waals surface area contributed by atoms with Gasteiger partial charge in [-0.05, 0) is 49.5 Å². The van der Waals surface area contributed by atoms with E-state index in [1.165, 1.54) is 38.6 Å². The molecule has 2 saturated heterocycles. The fourth-order valence-electron chi connectivity index (χ4n) is 5.72. The van der Waals surface area contributed by atoms with Crippen LogP contribution in [0.2, 0.25) is 0 Å². The Morgan fingerprint density at radius 3 is 2.53 bits per heavy atom. The molecule has 0 bridgehead atoms. The van der Waals surface area contributed by atoms with E-state index in [1.54, 1.807) is 0 Å². The molecule has 1 aliphatic carbocycles. The van der Waals surface area contributed by atoms with Gasteiger partial charge in [0.25, 0.3) is 0 Å². The number of hydrogen-bond acceptors (Lipinski definition) is 2. The number of likely N-dealkylation sites (tertiary alicyclic amines) is 1. The number of nitrogens with one attached hydrogen (secondary N) is 1. The molecular formula is C17H32N2. The van der Waals surface area contributed by atoms with E-state index in [-0.39, 0.29) is 0 Å². The molecule has 2 aliphatic heterocycles. The molecule has 3 fully saturated rings. The van der Waals surface area contributed by atoms with Crippen LogP contribution in [0.4, 0.5) is 0 Å². The van der Waals surface area contributed by atoms with Crippen LogP contribution in [0.5, 0.6) is 0 Å². The fourth-order valence-corrected chi connectivity index (χ4v) is 5.72. The zero-order valence-corrected chi connectivity index (χ0v) is 13.2.